The van der Waals surface area contributed by atoms with Gasteiger partial charge in [-0.25, -0.2) is 0 Å². The number of ether oxygens (including phenoxy) is 1. The predicted molar refractivity (Wildman–Crippen MR) is 89.9 cm³/mol. The van der Waals surface area contributed by atoms with Crippen molar-refractivity contribution < 1.29 is 9.53 Å². The van der Waals surface area contributed by atoms with Crippen molar-refractivity contribution >= 4 is 23.2 Å². The third kappa shape index (κ3) is 3.91. The maximum Gasteiger partial charge on any atom is 0.241 e. The number of aryl methyl sites for hydroxylation is 1. The molecule has 1 N–H and O–H groups in total. The largest absolute Gasteiger partial charge is 0.495 e. The van der Waals surface area contributed by atoms with Crippen LogP contribution in [0.15, 0.2) is 12.1 Å². The monoisotopic (exact) mass is 325 g/mol. The van der Waals surface area contributed by atoms with Crippen molar-refractivity contribution in [1.29, 1.82) is 0 Å². The van der Waals surface area contributed by atoms with E-state index in [1.807, 2.05) is 19.9 Å². The van der Waals surface area contributed by atoms with Gasteiger partial charge in [-0.05, 0) is 32.5 Å². The molecule has 1 aliphatic heterocycles. The quantitative estimate of drug-likeness (QED) is 0.922. The van der Waals surface area contributed by atoms with Crippen LogP contribution in [0.1, 0.15) is 12.5 Å². The van der Waals surface area contributed by atoms with Gasteiger partial charge in [0.2, 0.25) is 5.91 Å². The molecular weight excluding hydrogens is 302 g/mol. The zero-order valence-electron chi connectivity index (χ0n) is 13.6. The number of nitrogens with zero attached hydrogens (tertiary/aromatic N) is 2. The number of halogens is 1. The first kappa shape index (κ1) is 17.1. The highest BCUT2D eigenvalue weighted by atomic mass is 35.5. The van der Waals surface area contributed by atoms with Crippen molar-refractivity contribution in [2.75, 3.05) is 45.7 Å². The molecule has 5 nitrogen and oxygen atoms in total. The summed E-state index contributed by atoms with van der Waals surface area (Å²) in [7, 11) is 3.67. The van der Waals surface area contributed by atoms with Gasteiger partial charge in [0.05, 0.1) is 18.8 Å². The van der Waals surface area contributed by atoms with Gasteiger partial charge in [0.15, 0.2) is 0 Å². The lowest BCUT2D eigenvalue weighted by molar-refractivity contribution is -0.121. The molecule has 1 aliphatic rings. The fourth-order valence-electron chi connectivity index (χ4n) is 2.54. The molecule has 0 bridgehead atoms. The number of hydrogen-bond donors (Lipinski definition) is 1. The van der Waals surface area contributed by atoms with Gasteiger partial charge in [-0.3, -0.25) is 9.69 Å². The van der Waals surface area contributed by atoms with Crippen molar-refractivity contribution in [3.63, 3.8) is 0 Å². The molecule has 2 rings (SSSR count). The van der Waals surface area contributed by atoms with Crippen LogP contribution in [-0.2, 0) is 4.79 Å². The molecule has 1 fully saturated rings. The molecule has 0 radical (unpaired) electrons. The van der Waals surface area contributed by atoms with Crippen LogP contribution in [0.25, 0.3) is 0 Å². The van der Waals surface area contributed by atoms with Crippen LogP contribution in [0.2, 0.25) is 5.02 Å². The van der Waals surface area contributed by atoms with Gasteiger partial charge in [-0.15, -0.1) is 0 Å². The number of carbonyl (C=O) groups excluding carboxylic acids is 1. The molecule has 22 heavy (non-hydrogen) atoms. The first-order chi connectivity index (χ1) is 10.4. The smallest absolute Gasteiger partial charge is 0.241 e. The van der Waals surface area contributed by atoms with Gasteiger partial charge < -0.3 is 15.0 Å². The van der Waals surface area contributed by atoms with Gasteiger partial charge in [0, 0.05) is 37.3 Å². The summed E-state index contributed by atoms with van der Waals surface area (Å²) in [6.45, 7) is 7.63. The normalized spacial score (nSPS) is 18.0. The number of rotatable bonds is 4. The second kappa shape index (κ2) is 7.31. The maximum atomic E-state index is 12.5. The van der Waals surface area contributed by atoms with Crippen LogP contribution in [0, 0.1) is 6.92 Å². The second-order valence-electron chi connectivity index (χ2n) is 5.81. The van der Waals surface area contributed by atoms with Crippen LogP contribution in [0.5, 0.6) is 5.75 Å². The topological polar surface area (TPSA) is 44.8 Å². The van der Waals surface area contributed by atoms with Crippen molar-refractivity contribution in [2.24, 2.45) is 0 Å². The van der Waals surface area contributed by atoms with Crippen molar-refractivity contribution in [3.8, 4) is 5.75 Å². The number of carbonyl (C=O) groups is 1. The highest BCUT2D eigenvalue weighted by molar-refractivity contribution is 6.31. The Morgan fingerprint density at radius 3 is 2.55 bits per heavy atom. The Kier molecular flexibility index (Phi) is 5.67. The summed E-state index contributed by atoms with van der Waals surface area (Å²) in [4.78, 5) is 17.0. The summed E-state index contributed by atoms with van der Waals surface area (Å²) in [6, 6.07) is 3.40. The first-order valence-corrected chi connectivity index (χ1v) is 7.87. The molecule has 0 unspecified atom stereocenters. The number of anilines is 1. The van der Waals surface area contributed by atoms with E-state index in [0.29, 0.717) is 16.5 Å². The Bertz CT molecular complexity index is 542. The molecule has 1 heterocycles. The Balaban J connectivity index is 2.06. The molecule has 1 atom stereocenters. The van der Waals surface area contributed by atoms with Crippen molar-refractivity contribution in [3.05, 3.63) is 22.7 Å². The Morgan fingerprint density at radius 1 is 1.32 bits per heavy atom. The van der Waals surface area contributed by atoms with Crippen molar-refractivity contribution in [2.45, 2.75) is 19.9 Å². The molecule has 1 amide bonds. The fraction of sp³-hybridized carbons (Fsp3) is 0.562. The van der Waals surface area contributed by atoms with Crippen LogP contribution in [0.3, 0.4) is 0 Å². The summed E-state index contributed by atoms with van der Waals surface area (Å²) in [6.07, 6.45) is 0. The molecule has 0 spiro atoms. The Hall–Kier alpha value is -1.30. The van der Waals surface area contributed by atoms with Gasteiger partial charge >= 0.3 is 0 Å². The lowest BCUT2D eigenvalue weighted by atomic mass is 10.1. The molecule has 0 saturated carbocycles. The molecule has 1 aromatic rings. The van der Waals surface area contributed by atoms with Gasteiger partial charge in [-0.1, -0.05) is 11.6 Å². The highest BCUT2D eigenvalue weighted by Crippen LogP contribution is 2.31. The molecule has 122 valence electrons. The molecule has 6 heteroatoms. The lowest BCUT2D eigenvalue weighted by Crippen LogP contribution is -2.51. The lowest BCUT2D eigenvalue weighted by Gasteiger charge is -2.35. The third-order valence-corrected chi connectivity index (χ3v) is 4.61. The number of likely N-dealkylation sites (N-methyl/N-ethyl adjacent to an activating group) is 1. The first-order valence-electron chi connectivity index (χ1n) is 7.50. The van der Waals surface area contributed by atoms with E-state index in [-0.39, 0.29) is 11.9 Å². The predicted octanol–water partition coefficient (Wildman–Crippen LogP) is 2.23. The summed E-state index contributed by atoms with van der Waals surface area (Å²) in [5.41, 5.74) is 1.57. The zero-order chi connectivity index (χ0) is 16.3. The number of amides is 1. The highest BCUT2D eigenvalue weighted by Gasteiger charge is 2.25. The number of hydrogen-bond acceptors (Lipinski definition) is 4. The summed E-state index contributed by atoms with van der Waals surface area (Å²) < 4.78 is 5.30. The molecule has 0 aliphatic carbocycles. The maximum absolute atomic E-state index is 12.5. The zero-order valence-corrected chi connectivity index (χ0v) is 14.4. The minimum atomic E-state index is -0.172. The van der Waals surface area contributed by atoms with Gasteiger partial charge in [-0.2, -0.15) is 0 Å². The molecule has 1 aromatic carbocycles. The van der Waals surface area contributed by atoms with E-state index >= 15 is 0 Å². The average molecular weight is 326 g/mol. The van der Waals surface area contributed by atoms with E-state index in [2.05, 4.69) is 22.2 Å². The summed E-state index contributed by atoms with van der Waals surface area (Å²) in [5, 5.41) is 3.59. The van der Waals surface area contributed by atoms with E-state index in [0.717, 1.165) is 31.7 Å². The standard InChI is InChI=1S/C16H24ClN3O2/c1-11-9-14(15(22-4)10-13(11)17)18-16(21)12(2)20-7-5-19(3)6-8-20/h9-10,12H,5-8H2,1-4H3,(H,18,21)/t12-/m0/s1. The Labute approximate surface area is 137 Å². The second-order valence-corrected chi connectivity index (χ2v) is 6.21. The minimum Gasteiger partial charge on any atom is -0.495 e. The number of nitrogens with one attached hydrogen (secondary N) is 1. The SMILES string of the molecule is COc1cc(Cl)c(C)cc1NC(=O)[C@H](C)N1CCN(C)CC1. The molecule has 1 saturated heterocycles. The van der Waals surface area contributed by atoms with Crippen LogP contribution in [0.4, 0.5) is 5.69 Å². The molecular formula is C16H24ClN3O2. The minimum absolute atomic E-state index is 0.0235. The van der Waals surface area contributed by atoms with Gasteiger partial charge in [0.25, 0.3) is 0 Å². The summed E-state index contributed by atoms with van der Waals surface area (Å²) in [5.74, 6) is 0.555. The van der Waals surface area contributed by atoms with Crippen LogP contribution >= 0.6 is 11.6 Å². The van der Waals surface area contributed by atoms with Crippen molar-refractivity contribution in [1.82, 2.24) is 9.80 Å². The number of methoxy groups -OCH3 is 1. The third-order valence-electron chi connectivity index (χ3n) is 4.20. The Morgan fingerprint density at radius 2 is 1.95 bits per heavy atom. The fourth-order valence-corrected chi connectivity index (χ4v) is 2.70. The van der Waals surface area contributed by atoms with E-state index in [4.69, 9.17) is 16.3 Å². The van der Waals surface area contributed by atoms with Gasteiger partial charge in [0.1, 0.15) is 5.75 Å². The van der Waals surface area contributed by atoms with E-state index in [9.17, 15) is 4.79 Å². The number of piperazine rings is 1. The average Bonchev–Trinajstić information content (AvgIpc) is 2.50. The summed E-state index contributed by atoms with van der Waals surface area (Å²) >= 11 is 6.09. The van der Waals surface area contributed by atoms with Crippen LogP contribution in [-0.4, -0.2) is 62.1 Å². The van der Waals surface area contributed by atoms with E-state index in [1.54, 1.807) is 13.2 Å². The number of benzene rings is 1. The van der Waals surface area contributed by atoms with E-state index < -0.39 is 0 Å². The molecule has 0 aromatic heterocycles. The van der Waals surface area contributed by atoms with E-state index in [1.165, 1.54) is 0 Å². The van der Waals surface area contributed by atoms with Crippen LogP contribution < -0.4 is 10.1 Å².